The molecule has 6 nitrogen and oxygen atoms in total. The highest BCUT2D eigenvalue weighted by Gasteiger charge is 2.20. The topological polar surface area (TPSA) is 64.3 Å². The molecule has 1 unspecified atom stereocenters. The number of pyridine rings is 1. The Labute approximate surface area is 205 Å². The fourth-order valence-corrected chi connectivity index (χ4v) is 5.71. The summed E-state index contributed by atoms with van der Waals surface area (Å²) in [7, 11) is 2.16. The van der Waals surface area contributed by atoms with Crippen molar-refractivity contribution in [2.45, 2.75) is 38.6 Å². The second-order valence-corrected chi connectivity index (χ2v) is 10.4. The number of para-hydroxylation sites is 1. The molecule has 4 heterocycles. The van der Waals surface area contributed by atoms with Crippen LogP contribution in [0.5, 0.6) is 0 Å². The van der Waals surface area contributed by atoms with E-state index in [2.05, 4.69) is 69.5 Å². The summed E-state index contributed by atoms with van der Waals surface area (Å²) < 4.78 is 1.12. The number of unbranched alkanes of at least 4 members (excludes halogenated alkanes) is 1. The number of H-pyrrole nitrogens is 1. The smallest absolute Gasteiger partial charge is 0.261 e. The van der Waals surface area contributed by atoms with Crippen molar-refractivity contribution in [3.63, 3.8) is 0 Å². The predicted molar refractivity (Wildman–Crippen MR) is 142 cm³/mol. The minimum atomic E-state index is 0.0169. The lowest BCUT2D eigenvalue weighted by atomic mass is 10.0. The van der Waals surface area contributed by atoms with Gasteiger partial charge >= 0.3 is 0 Å². The van der Waals surface area contributed by atoms with Crippen LogP contribution in [0.15, 0.2) is 48.8 Å². The van der Waals surface area contributed by atoms with Crippen LogP contribution in [0.25, 0.3) is 21.0 Å². The maximum Gasteiger partial charge on any atom is 0.261 e. The van der Waals surface area contributed by atoms with Gasteiger partial charge in [0.2, 0.25) is 0 Å². The lowest BCUT2D eigenvalue weighted by Crippen LogP contribution is -2.44. The van der Waals surface area contributed by atoms with Crippen LogP contribution in [-0.2, 0) is 6.42 Å². The number of nitrogens with one attached hydrogen (secondary N) is 2. The molecule has 0 bridgehead atoms. The number of likely N-dealkylation sites (N-methyl/N-ethyl adjacent to an activating group) is 1. The molecule has 1 amide bonds. The van der Waals surface area contributed by atoms with Crippen LogP contribution in [0.2, 0.25) is 0 Å². The highest BCUT2D eigenvalue weighted by molar-refractivity contribution is 7.20. The number of rotatable bonds is 8. The van der Waals surface area contributed by atoms with Crippen LogP contribution < -0.4 is 10.2 Å². The number of nitrogens with zero attached hydrogens (tertiary/aromatic N) is 3. The summed E-state index contributed by atoms with van der Waals surface area (Å²) in [6, 6.07) is 12.6. The van der Waals surface area contributed by atoms with Crippen LogP contribution in [0.4, 0.5) is 5.82 Å². The molecule has 5 rings (SSSR count). The normalized spacial score (nSPS) is 15.8. The second-order valence-electron chi connectivity index (χ2n) is 9.36. The van der Waals surface area contributed by atoms with Crippen molar-refractivity contribution in [2.75, 3.05) is 38.1 Å². The van der Waals surface area contributed by atoms with Gasteiger partial charge in [0.25, 0.3) is 5.91 Å². The molecule has 34 heavy (non-hydrogen) atoms. The molecular formula is C27H33N5OS. The molecule has 0 radical (unpaired) electrons. The lowest BCUT2D eigenvalue weighted by Gasteiger charge is -2.33. The molecule has 7 heteroatoms. The van der Waals surface area contributed by atoms with Gasteiger partial charge in [0.1, 0.15) is 5.82 Å². The van der Waals surface area contributed by atoms with E-state index < -0.39 is 0 Å². The van der Waals surface area contributed by atoms with Gasteiger partial charge in [0, 0.05) is 65.6 Å². The van der Waals surface area contributed by atoms with E-state index in [9.17, 15) is 4.79 Å². The molecule has 1 aliphatic heterocycles. The van der Waals surface area contributed by atoms with Gasteiger partial charge in [-0.05, 0) is 43.7 Å². The average Bonchev–Trinajstić information content (AvgIpc) is 3.47. The number of benzene rings is 1. The predicted octanol–water partition coefficient (Wildman–Crippen LogP) is 5.06. The van der Waals surface area contributed by atoms with E-state index in [-0.39, 0.29) is 11.9 Å². The summed E-state index contributed by atoms with van der Waals surface area (Å²) in [4.78, 5) is 26.7. The van der Waals surface area contributed by atoms with Gasteiger partial charge in [0.15, 0.2) is 0 Å². The summed E-state index contributed by atoms with van der Waals surface area (Å²) in [5.41, 5.74) is 2.40. The summed E-state index contributed by atoms with van der Waals surface area (Å²) in [6.07, 6.45) is 8.01. The molecule has 4 aromatic rings. The number of hydrogen-bond donors (Lipinski definition) is 2. The van der Waals surface area contributed by atoms with E-state index in [1.807, 2.05) is 18.3 Å². The van der Waals surface area contributed by atoms with E-state index in [1.54, 1.807) is 11.3 Å². The van der Waals surface area contributed by atoms with Gasteiger partial charge in [0.05, 0.1) is 4.88 Å². The number of anilines is 1. The standard InChI is InChI=1S/C27H33N5OS/c1-3-4-7-21(14-19-17-28-23-9-6-5-8-22(19)23)30-27(33)25-15-20-18-29-26(16-24(20)34-25)32-12-10-31(2)11-13-32/h5-6,8-9,15-18,21,28H,3-4,7,10-14H2,1-2H3,(H,30,33). The van der Waals surface area contributed by atoms with Crippen LogP contribution in [0.3, 0.4) is 0 Å². The van der Waals surface area contributed by atoms with Crippen LogP contribution in [0, 0.1) is 0 Å². The Morgan fingerprint density at radius 2 is 2.03 bits per heavy atom. The Balaban J connectivity index is 1.31. The molecule has 0 saturated carbocycles. The third kappa shape index (κ3) is 4.95. The highest BCUT2D eigenvalue weighted by Crippen LogP contribution is 2.29. The monoisotopic (exact) mass is 475 g/mol. The van der Waals surface area contributed by atoms with E-state index in [1.165, 1.54) is 10.9 Å². The molecule has 2 N–H and O–H groups in total. The third-order valence-corrected chi connectivity index (χ3v) is 7.92. The number of carbonyl (C=O) groups is 1. The molecule has 0 aliphatic carbocycles. The van der Waals surface area contributed by atoms with Crippen LogP contribution in [-0.4, -0.2) is 60.0 Å². The highest BCUT2D eigenvalue weighted by atomic mass is 32.1. The molecule has 1 atom stereocenters. The van der Waals surface area contributed by atoms with Crippen molar-refractivity contribution in [2.24, 2.45) is 0 Å². The Bertz CT molecular complexity index is 1270. The van der Waals surface area contributed by atoms with Gasteiger partial charge in [-0.2, -0.15) is 0 Å². The number of piperazine rings is 1. The molecular weight excluding hydrogens is 442 g/mol. The van der Waals surface area contributed by atoms with Crippen LogP contribution in [0.1, 0.15) is 41.4 Å². The first-order chi connectivity index (χ1) is 16.6. The fourth-order valence-electron chi connectivity index (χ4n) is 4.74. The Kier molecular flexibility index (Phi) is 6.83. The van der Waals surface area contributed by atoms with Gasteiger partial charge in [-0.1, -0.05) is 38.0 Å². The van der Waals surface area contributed by atoms with E-state index in [4.69, 9.17) is 0 Å². The van der Waals surface area contributed by atoms with Gasteiger partial charge in [-0.15, -0.1) is 11.3 Å². The number of amides is 1. The molecule has 1 aliphatic rings. The van der Waals surface area contributed by atoms with Crippen molar-refractivity contribution in [1.82, 2.24) is 20.2 Å². The molecule has 178 valence electrons. The molecule has 1 aromatic carbocycles. The minimum absolute atomic E-state index is 0.0169. The zero-order valence-corrected chi connectivity index (χ0v) is 20.8. The zero-order chi connectivity index (χ0) is 23.5. The second kappa shape index (κ2) is 10.2. The first kappa shape index (κ1) is 22.9. The van der Waals surface area contributed by atoms with Crippen molar-refractivity contribution < 1.29 is 4.79 Å². The number of fused-ring (bicyclic) bond motifs is 2. The Morgan fingerprint density at radius 3 is 2.85 bits per heavy atom. The maximum atomic E-state index is 13.3. The van der Waals surface area contributed by atoms with Crippen LogP contribution >= 0.6 is 11.3 Å². The van der Waals surface area contributed by atoms with Gasteiger partial charge in [-0.3, -0.25) is 4.79 Å². The fraction of sp³-hybridized carbons (Fsp3) is 0.407. The SMILES string of the molecule is CCCCC(Cc1c[nH]c2ccccc12)NC(=O)c1cc2cnc(N3CCN(C)CC3)cc2s1. The van der Waals surface area contributed by atoms with Gasteiger partial charge < -0.3 is 20.1 Å². The molecule has 1 saturated heterocycles. The minimum Gasteiger partial charge on any atom is -0.361 e. The van der Waals surface area contributed by atoms with Crippen molar-refractivity contribution in [3.8, 4) is 0 Å². The number of aromatic amines is 1. The largest absolute Gasteiger partial charge is 0.361 e. The maximum absolute atomic E-state index is 13.3. The third-order valence-electron chi connectivity index (χ3n) is 6.82. The Hall–Kier alpha value is -2.90. The Morgan fingerprint density at radius 1 is 1.21 bits per heavy atom. The first-order valence-corrected chi connectivity index (χ1v) is 13.1. The molecule has 0 spiro atoms. The van der Waals surface area contributed by atoms with E-state index in [0.29, 0.717) is 0 Å². The number of carbonyl (C=O) groups excluding carboxylic acids is 1. The summed E-state index contributed by atoms with van der Waals surface area (Å²) in [5.74, 6) is 1.03. The summed E-state index contributed by atoms with van der Waals surface area (Å²) in [6.45, 7) is 6.27. The molecule has 3 aromatic heterocycles. The summed E-state index contributed by atoms with van der Waals surface area (Å²) >= 11 is 1.57. The quantitative estimate of drug-likeness (QED) is 0.374. The first-order valence-electron chi connectivity index (χ1n) is 12.3. The van der Waals surface area contributed by atoms with E-state index >= 15 is 0 Å². The lowest BCUT2D eigenvalue weighted by molar-refractivity contribution is 0.0938. The van der Waals surface area contributed by atoms with Gasteiger partial charge in [-0.25, -0.2) is 4.98 Å². The number of thiophene rings is 1. The van der Waals surface area contributed by atoms with Crippen molar-refractivity contribution in [1.29, 1.82) is 0 Å². The van der Waals surface area contributed by atoms with Crippen molar-refractivity contribution in [3.05, 3.63) is 59.2 Å². The molecule has 1 fully saturated rings. The summed E-state index contributed by atoms with van der Waals surface area (Å²) in [5, 5.41) is 5.61. The zero-order valence-electron chi connectivity index (χ0n) is 20.0. The number of hydrogen-bond acceptors (Lipinski definition) is 5. The van der Waals surface area contributed by atoms with E-state index in [0.717, 1.165) is 78.2 Å². The van der Waals surface area contributed by atoms with Crippen molar-refractivity contribution >= 4 is 44.1 Å². The average molecular weight is 476 g/mol. The number of aromatic nitrogens is 2.